The van der Waals surface area contributed by atoms with Crippen molar-refractivity contribution in [2.75, 3.05) is 44.3 Å². The molecule has 7 heteroatoms. The van der Waals surface area contributed by atoms with Gasteiger partial charge in [0, 0.05) is 43.9 Å². The number of hydrogen-bond donors (Lipinski definition) is 0. The maximum absolute atomic E-state index is 11.0. The molecule has 0 aliphatic carbocycles. The number of nitrogens with zero attached hydrogens (tertiary/aromatic N) is 3. The van der Waals surface area contributed by atoms with Crippen molar-refractivity contribution in [1.82, 2.24) is 4.90 Å². The third kappa shape index (κ3) is 3.04. The second-order valence-corrected chi connectivity index (χ2v) is 6.29. The highest BCUT2D eigenvalue weighted by Crippen LogP contribution is 2.35. The Labute approximate surface area is 134 Å². The van der Waals surface area contributed by atoms with Crippen LogP contribution in [0.1, 0.15) is 12.0 Å². The molecule has 0 saturated carbocycles. The van der Waals surface area contributed by atoms with Crippen molar-refractivity contribution in [2.45, 2.75) is 19.4 Å². The van der Waals surface area contributed by atoms with Gasteiger partial charge in [-0.3, -0.25) is 15.0 Å². The Morgan fingerprint density at radius 3 is 2.73 bits per heavy atom. The first-order chi connectivity index (χ1) is 10.6. The molecule has 22 heavy (non-hydrogen) atoms. The van der Waals surface area contributed by atoms with Gasteiger partial charge in [0.15, 0.2) is 0 Å². The second-order valence-electron chi connectivity index (χ2n) is 5.88. The van der Waals surface area contributed by atoms with Crippen LogP contribution in [0, 0.1) is 17.0 Å². The molecule has 0 amide bonds. The molecule has 1 unspecified atom stereocenters. The summed E-state index contributed by atoms with van der Waals surface area (Å²) in [6.07, 6.45) is 1.09. The van der Waals surface area contributed by atoms with Crippen molar-refractivity contribution in [3.63, 3.8) is 0 Å². The number of ether oxygens (including phenoxy) is 1. The van der Waals surface area contributed by atoms with E-state index < -0.39 is 0 Å². The number of rotatable bonds is 3. The van der Waals surface area contributed by atoms with Crippen LogP contribution in [0.5, 0.6) is 0 Å². The highest BCUT2D eigenvalue weighted by molar-refractivity contribution is 6.33. The van der Waals surface area contributed by atoms with E-state index in [1.165, 1.54) is 6.07 Å². The van der Waals surface area contributed by atoms with E-state index in [1.54, 1.807) is 6.92 Å². The van der Waals surface area contributed by atoms with Gasteiger partial charge < -0.3 is 9.64 Å². The summed E-state index contributed by atoms with van der Waals surface area (Å²) in [7, 11) is 0. The molecule has 2 aliphatic heterocycles. The van der Waals surface area contributed by atoms with Crippen LogP contribution in [0.4, 0.5) is 11.4 Å². The molecule has 6 nitrogen and oxygen atoms in total. The number of aryl methyl sites for hydroxylation is 1. The van der Waals surface area contributed by atoms with E-state index in [4.69, 9.17) is 16.3 Å². The molecule has 120 valence electrons. The van der Waals surface area contributed by atoms with Crippen LogP contribution < -0.4 is 4.90 Å². The van der Waals surface area contributed by atoms with Gasteiger partial charge in [0.1, 0.15) is 0 Å². The van der Waals surface area contributed by atoms with Crippen LogP contribution in [0.2, 0.25) is 5.02 Å². The molecule has 0 N–H and O–H groups in total. The summed E-state index contributed by atoms with van der Waals surface area (Å²) in [5.41, 5.74) is 1.64. The molecule has 1 aromatic carbocycles. The molecule has 2 heterocycles. The number of anilines is 1. The summed E-state index contributed by atoms with van der Waals surface area (Å²) < 4.78 is 5.40. The van der Waals surface area contributed by atoms with Gasteiger partial charge in [0.05, 0.1) is 28.8 Å². The molecule has 0 aromatic heterocycles. The van der Waals surface area contributed by atoms with Gasteiger partial charge >= 0.3 is 0 Å². The molecule has 2 aliphatic rings. The first-order valence-corrected chi connectivity index (χ1v) is 7.95. The molecule has 0 spiro atoms. The van der Waals surface area contributed by atoms with Crippen LogP contribution in [-0.4, -0.2) is 55.3 Å². The summed E-state index contributed by atoms with van der Waals surface area (Å²) in [5.74, 6) is 0. The van der Waals surface area contributed by atoms with Crippen molar-refractivity contribution in [3.05, 3.63) is 32.8 Å². The molecule has 0 radical (unpaired) electrons. The average Bonchev–Trinajstić information content (AvgIpc) is 2.99. The second kappa shape index (κ2) is 6.40. The lowest BCUT2D eigenvalue weighted by Crippen LogP contribution is -2.44. The monoisotopic (exact) mass is 325 g/mol. The summed E-state index contributed by atoms with van der Waals surface area (Å²) >= 11 is 6.28. The van der Waals surface area contributed by atoms with E-state index in [-0.39, 0.29) is 10.6 Å². The lowest BCUT2D eigenvalue weighted by molar-refractivity contribution is -0.385. The van der Waals surface area contributed by atoms with E-state index in [0.29, 0.717) is 16.6 Å². The Morgan fingerprint density at radius 2 is 2.05 bits per heavy atom. The quantitative estimate of drug-likeness (QED) is 0.631. The van der Waals surface area contributed by atoms with Crippen LogP contribution in [-0.2, 0) is 4.74 Å². The standard InChI is InChI=1S/C15H20ClN3O3/c1-11-8-15(13(16)9-14(11)19(20)21)18-3-2-12(10-18)17-4-6-22-7-5-17/h8-9,12H,2-7,10H2,1H3. The third-order valence-corrected chi connectivity index (χ3v) is 4.83. The average molecular weight is 326 g/mol. The van der Waals surface area contributed by atoms with E-state index in [9.17, 15) is 10.1 Å². The molecule has 3 rings (SSSR count). The largest absolute Gasteiger partial charge is 0.379 e. The molecule has 1 aromatic rings. The first-order valence-electron chi connectivity index (χ1n) is 7.57. The third-order valence-electron chi connectivity index (χ3n) is 4.53. The summed E-state index contributed by atoms with van der Waals surface area (Å²) in [4.78, 5) is 15.3. The summed E-state index contributed by atoms with van der Waals surface area (Å²) in [6, 6.07) is 3.81. The number of hydrogen-bond acceptors (Lipinski definition) is 5. The van der Waals surface area contributed by atoms with E-state index in [0.717, 1.165) is 51.5 Å². The van der Waals surface area contributed by atoms with Crippen LogP contribution in [0.15, 0.2) is 12.1 Å². The van der Waals surface area contributed by atoms with Crippen molar-refractivity contribution in [2.24, 2.45) is 0 Å². The SMILES string of the molecule is Cc1cc(N2CCC(N3CCOCC3)C2)c(Cl)cc1[N+](=O)[O-]. The van der Waals surface area contributed by atoms with Gasteiger partial charge in [0.25, 0.3) is 5.69 Å². The zero-order chi connectivity index (χ0) is 15.7. The van der Waals surface area contributed by atoms with Gasteiger partial charge in [-0.05, 0) is 19.4 Å². The predicted molar refractivity (Wildman–Crippen MR) is 85.9 cm³/mol. The van der Waals surface area contributed by atoms with Crippen LogP contribution in [0.3, 0.4) is 0 Å². The van der Waals surface area contributed by atoms with E-state index in [2.05, 4.69) is 9.80 Å². The lowest BCUT2D eigenvalue weighted by atomic mass is 10.1. The Kier molecular flexibility index (Phi) is 4.52. The van der Waals surface area contributed by atoms with Crippen molar-refractivity contribution in [3.8, 4) is 0 Å². The Morgan fingerprint density at radius 1 is 1.32 bits per heavy atom. The smallest absolute Gasteiger partial charge is 0.273 e. The normalized spacial score (nSPS) is 23.0. The molecule has 2 saturated heterocycles. The highest BCUT2D eigenvalue weighted by Gasteiger charge is 2.30. The van der Waals surface area contributed by atoms with Gasteiger partial charge in [-0.1, -0.05) is 11.6 Å². The summed E-state index contributed by atoms with van der Waals surface area (Å²) in [5, 5.41) is 11.4. The number of nitro groups is 1. The molecule has 2 fully saturated rings. The van der Waals surface area contributed by atoms with Crippen molar-refractivity contribution >= 4 is 23.0 Å². The Bertz CT molecular complexity index is 575. The Balaban J connectivity index is 1.75. The zero-order valence-electron chi connectivity index (χ0n) is 12.6. The van der Waals surface area contributed by atoms with E-state index >= 15 is 0 Å². The van der Waals surface area contributed by atoms with Gasteiger partial charge in [-0.2, -0.15) is 0 Å². The first kappa shape index (κ1) is 15.5. The van der Waals surface area contributed by atoms with Crippen LogP contribution in [0.25, 0.3) is 0 Å². The number of morpholine rings is 1. The molecular formula is C15H20ClN3O3. The predicted octanol–water partition coefficient (Wildman–Crippen LogP) is 2.47. The lowest BCUT2D eigenvalue weighted by Gasteiger charge is -2.32. The maximum Gasteiger partial charge on any atom is 0.273 e. The van der Waals surface area contributed by atoms with Gasteiger partial charge in [-0.25, -0.2) is 0 Å². The molecule has 1 atom stereocenters. The maximum atomic E-state index is 11.0. The van der Waals surface area contributed by atoms with Crippen molar-refractivity contribution in [1.29, 1.82) is 0 Å². The zero-order valence-corrected chi connectivity index (χ0v) is 13.4. The minimum Gasteiger partial charge on any atom is -0.379 e. The number of halogens is 1. The minimum absolute atomic E-state index is 0.0812. The molecular weight excluding hydrogens is 306 g/mol. The summed E-state index contributed by atoms with van der Waals surface area (Å²) in [6.45, 7) is 7.16. The Hall–Kier alpha value is -1.37. The van der Waals surface area contributed by atoms with Crippen molar-refractivity contribution < 1.29 is 9.66 Å². The molecule has 0 bridgehead atoms. The van der Waals surface area contributed by atoms with E-state index in [1.807, 2.05) is 6.07 Å². The minimum atomic E-state index is -0.383. The topological polar surface area (TPSA) is 58.8 Å². The number of nitro benzene ring substituents is 1. The number of benzene rings is 1. The van der Waals surface area contributed by atoms with Gasteiger partial charge in [-0.15, -0.1) is 0 Å². The highest BCUT2D eigenvalue weighted by atomic mass is 35.5. The van der Waals surface area contributed by atoms with Gasteiger partial charge in [0.2, 0.25) is 0 Å². The fourth-order valence-corrected chi connectivity index (χ4v) is 3.57. The van der Waals surface area contributed by atoms with Crippen LogP contribution >= 0.6 is 11.6 Å². The fraction of sp³-hybridized carbons (Fsp3) is 0.600. The fourth-order valence-electron chi connectivity index (χ4n) is 3.30.